The van der Waals surface area contributed by atoms with Crippen molar-refractivity contribution in [2.45, 2.75) is 39.5 Å². The lowest BCUT2D eigenvalue weighted by atomic mass is 9.81. The molecule has 0 aliphatic carbocycles. The number of likely N-dealkylation sites (tertiary alicyclic amines) is 1. The minimum Gasteiger partial charge on any atom is -0.380 e. The van der Waals surface area contributed by atoms with Gasteiger partial charge in [-0.1, -0.05) is 13.8 Å². The largest absolute Gasteiger partial charge is 0.380 e. The number of ether oxygens (including phenoxy) is 1. The van der Waals surface area contributed by atoms with Gasteiger partial charge in [-0.2, -0.15) is 0 Å². The molecule has 17 heavy (non-hydrogen) atoms. The number of carbonyl (C=O) groups excluding carboxylic acids is 1. The van der Waals surface area contributed by atoms with E-state index in [2.05, 4.69) is 18.7 Å². The molecule has 0 saturated carbocycles. The molecule has 0 spiro atoms. The Kier molecular flexibility index (Phi) is 3.88. The molecule has 0 amide bonds. The van der Waals surface area contributed by atoms with E-state index in [1.165, 1.54) is 19.3 Å². The van der Waals surface area contributed by atoms with E-state index < -0.39 is 0 Å². The van der Waals surface area contributed by atoms with Crippen molar-refractivity contribution in [1.82, 2.24) is 4.90 Å². The Balaban J connectivity index is 1.95. The molecule has 0 aromatic heterocycles. The van der Waals surface area contributed by atoms with Crippen molar-refractivity contribution in [2.75, 3.05) is 32.8 Å². The Hall–Kier alpha value is -0.410. The zero-order chi connectivity index (χ0) is 12.4. The first-order valence-electron chi connectivity index (χ1n) is 6.94. The second kappa shape index (κ2) is 5.07. The Bertz CT molecular complexity index is 267. The van der Waals surface area contributed by atoms with Crippen LogP contribution in [0.5, 0.6) is 0 Å². The van der Waals surface area contributed by atoms with E-state index in [0.717, 1.165) is 38.9 Å². The predicted molar refractivity (Wildman–Crippen MR) is 68.0 cm³/mol. The van der Waals surface area contributed by atoms with Crippen molar-refractivity contribution in [3.05, 3.63) is 0 Å². The van der Waals surface area contributed by atoms with E-state index in [0.29, 0.717) is 12.0 Å². The highest BCUT2D eigenvalue weighted by molar-refractivity contribution is 5.60. The highest BCUT2D eigenvalue weighted by Crippen LogP contribution is 2.39. The summed E-state index contributed by atoms with van der Waals surface area (Å²) in [6, 6.07) is 0. The monoisotopic (exact) mass is 239 g/mol. The van der Waals surface area contributed by atoms with Crippen molar-refractivity contribution < 1.29 is 9.53 Å². The fourth-order valence-electron chi connectivity index (χ4n) is 3.31. The second-order valence-corrected chi connectivity index (χ2v) is 5.95. The number of carbonyl (C=O) groups is 1. The van der Waals surface area contributed by atoms with Gasteiger partial charge in [0, 0.05) is 19.7 Å². The van der Waals surface area contributed by atoms with Gasteiger partial charge in [-0.05, 0) is 37.6 Å². The van der Waals surface area contributed by atoms with Crippen LogP contribution in [0.1, 0.15) is 39.5 Å². The maximum Gasteiger partial charge on any atom is 0.129 e. The molecule has 0 radical (unpaired) electrons. The quantitative estimate of drug-likeness (QED) is 0.688. The molecule has 3 nitrogen and oxygen atoms in total. The molecule has 2 fully saturated rings. The van der Waals surface area contributed by atoms with Gasteiger partial charge >= 0.3 is 0 Å². The smallest absolute Gasteiger partial charge is 0.129 e. The molecule has 0 aromatic carbocycles. The first kappa shape index (κ1) is 13.0. The molecular formula is C14H25NO2. The summed E-state index contributed by atoms with van der Waals surface area (Å²) >= 11 is 0. The van der Waals surface area contributed by atoms with Crippen LogP contribution >= 0.6 is 0 Å². The molecule has 3 heteroatoms. The third kappa shape index (κ3) is 2.55. The van der Waals surface area contributed by atoms with E-state index in [1.807, 2.05) is 0 Å². The van der Waals surface area contributed by atoms with E-state index in [1.54, 1.807) is 0 Å². The molecule has 2 saturated heterocycles. The van der Waals surface area contributed by atoms with Crippen LogP contribution < -0.4 is 0 Å². The minimum atomic E-state index is -0.211. The van der Waals surface area contributed by atoms with Crippen LogP contribution in [-0.4, -0.2) is 44.0 Å². The van der Waals surface area contributed by atoms with Crippen LogP contribution in [-0.2, 0) is 9.53 Å². The van der Waals surface area contributed by atoms with Gasteiger partial charge in [0.05, 0.1) is 12.0 Å². The maximum absolute atomic E-state index is 11.3. The summed E-state index contributed by atoms with van der Waals surface area (Å²) in [5, 5.41) is 0. The summed E-state index contributed by atoms with van der Waals surface area (Å²) in [5.74, 6) is 0. The van der Waals surface area contributed by atoms with E-state index in [-0.39, 0.29) is 5.41 Å². The summed E-state index contributed by atoms with van der Waals surface area (Å²) in [4.78, 5) is 13.8. The summed E-state index contributed by atoms with van der Waals surface area (Å²) in [7, 11) is 0. The fourth-order valence-corrected chi connectivity index (χ4v) is 3.31. The molecule has 1 unspecified atom stereocenters. The third-order valence-electron chi connectivity index (χ3n) is 4.94. The van der Waals surface area contributed by atoms with Crippen LogP contribution in [0.2, 0.25) is 0 Å². The molecule has 2 aliphatic rings. The zero-order valence-electron chi connectivity index (χ0n) is 11.2. The zero-order valence-corrected chi connectivity index (χ0v) is 11.2. The first-order chi connectivity index (χ1) is 8.17. The number of hydrogen-bond acceptors (Lipinski definition) is 3. The molecule has 2 aliphatic heterocycles. The average molecular weight is 239 g/mol. The van der Waals surface area contributed by atoms with E-state index >= 15 is 0 Å². The third-order valence-corrected chi connectivity index (χ3v) is 4.94. The number of hydrogen-bond donors (Lipinski definition) is 0. The van der Waals surface area contributed by atoms with E-state index in [4.69, 9.17) is 4.74 Å². The Labute approximate surface area is 105 Å². The molecule has 98 valence electrons. The van der Waals surface area contributed by atoms with Gasteiger partial charge in [-0.25, -0.2) is 0 Å². The van der Waals surface area contributed by atoms with Crippen molar-refractivity contribution in [1.29, 1.82) is 0 Å². The number of aldehydes is 1. The number of rotatable bonds is 5. The van der Waals surface area contributed by atoms with Gasteiger partial charge in [0.25, 0.3) is 0 Å². The molecule has 1 atom stereocenters. The topological polar surface area (TPSA) is 29.5 Å². The lowest BCUT2D eigenvalue weighted by molar-refractivity contribution is -0.117. The molecule has 0 N–H and O–H groups in total. The average Bonchev–Trinajstić information content (AvgIpc) is 2.98. The normalized spacial score (nSPS) is 33.1. The standard InChI is InChI=1S/C14H25NO2/c1-3-13(4-2)5-7-15(9-13)10-14(11-16)6-8-17-12-14/h11H,3-10,12H2,1-2H3. The predicted octanol–water partition coefficient (Wildman–Crippen LogP) is 2.10. The summed E-state index contributed by atoms with van der Waals surface area (Å²) in [6.07, 6.45) is 5.83. The van der Waals surface area contributed by atoms with Gasteiger partial charge in [0.15, 0.2) is 0 Å². The summed E-state index contributed by atoms with van der Waals surface area (Å²) in [5.41, 5.74) is 0.293. The Morgan fingerprint density at radius 3 is 2.53 bits per heavy atom. The van der Waals surface area contributed by atoms with Gasteiger partial charge in [0.1, 0.15) is 6.29 Å². The highest BCUT2D eigenvalue weighted by Gasteiger charge is 2.41. The minimum absolute atomic E-state index is 0.211. The van der Waals surface area contributed by atoms with Crippen LogP contribution in [0.4, 0.5) is 0 Å². The SMILES string of the molecule is CCC1(CC)CCN(CC2(C=O)CCOC2)C1. The van der Waals surface area contributed by atoms with Crippen LogP contribution in [0.15, 0.2) is 0 Å². The molecule has 0 bridgehead atoms. The Morgan fingerprint density at radius 1 is 1.29 bits per heavy atom. The lowest BCUT2D eigenvalue weighted by Gasteiger charge is -2.30. The highest BCUT2D eigenvalue weighted by atomic mass is 16.5. The lowest BCUT2D eigenvalue weighted by Crippen LogP contribution is -2.39. The van der Waals surface area contributed by atoms with Crippen molar-refractivity contribution >= 4 is 6.29 Å². The van der Waals surface area contributed by atoms with Crippen molar-refractivity contribution in [3.8, 4) is 0 Å². The van der Waals surface area contributed by atoms with Crippen molar-refractivity contribution in [2.24, 2.45) is 10.8 Å². The second-order valence-electron chi connectivity index (χ2n) is 5.95. The number of nitrogens with zero attached hydrogens (tertiary/aromatic N) is 1. The van der Waals surface area contributed by atoms with Gasteiger partial charge in [0.2, 0.25) is 0 Å². The van der Waals surface area contributed by atoms with E-state index in [9.17, 15) is 4.79 Å². The molecule has 2 heterocycles. The van der Waals surface area contributed by atoms with Crippen LogP contribution in [0, 0.1) is 10.8 Å². The fraction of sp³-hybridized carbons (Fsp3) is 0.929. The first-order valence-corrected chi connectivity index (χ1v) is 6.94. The van der Waals surface area contributed by atoms with Gasteiger partial charge in [-0.15, -0.1) is 0 Å². The molecule has 2 rings (SSSR count). The van der Waals surface area contributed by atoms with Crippen LogP contribution in [0.25, 0.3) is 0 Å². The van der Waals surface area contributed by atoms with Crippen LogP contribution in [0.3, 0.4) is 0 Å². The Morgan fingerprint density at radius 2 is 2.06 bits per heavy atom. The van der Waals surface area contributed by atoms with Gasteiger partial charge < -0.3 is 14.4 Å². The van der Waals surface area contributed by atoms with Gasteiger partial charge in [-0.3, -0.25) is 0 Å². The van der Waals surface area contributed by atoms with Crippen molar-refractivity contribution in [3.63, 3.8) is 0 Å². The summed E-state index contributed by atoms with van der Waals surface area (Å²) in [6.45, 7) is 9.17. The molecular weight excluding hydrogens is 214 g/mol. The molecule has 0 aromatic rings. The summed E-state index contributed by atoms with van der Waals surface area (Å²) < 4.78 is 5.41. The maximum atomic E-state index is 11.3.